The van der Waals surface area contributed by atoms with Crippen molar-refractivity contribution in [1.29, 1.82) is 0 Å². The summed E-state index contributed by atoms with van der Waals surface area (Å²) in [4.78, 5) is 0. The van der Waals surface area contributed by atoms with Gasteiger partial charge in [0.1, 0.15) is 0 Å². The van der Waals surface area contributed by atoms with Crippen LogP contribution in [0.4, 0.5) is 0 Å². The molecule has 0 aromatic rings. The molecule has 2 aliphatic heterocycles. The zero-order valence-corrected chi connectivity index (χ0v) is 6.59. The molecular formula is C9H12N2. The third kappa shape index (κ3) is 1.16. The van der Waals surface area contributed by atoms with Crippen LogP contribution in [-0.4, -0.2) is 12.6 Å². The number of hydrogen-bond donors (Lipinski definition) is 2. The van der Waals surface area contributed by atoms with Gasteiger partial charge in [-0.05, 0) is 19.1 Å². The van der Waals surface area contributed by atoms with Gasteiger partial charge in [-0.1, -0.05) is 12.2 Å². The van der Waals surface area contributed by atoms with Crippen LogP contribution in [0.1, 0.15) is 6.92 Å². The minimum atomic E-state index is 0.457. The summed E-state index contributed by atoms with van der Waals surface area (Å²) in [5, 5.41) is 6.65. The van der Waals surface area contributed by atoms with Gasteiger partial charge < -0.3 is 10.6 Å². The van der Waals surface area contributed by atoms with Gasteiger partial charge in [0, 0.05) is 12.6 Å². The Hall–Kier alpha value is -1.18. The Bertz CT molecular complexity index is 248. The van der Waals surface area contributed by atoms with Crippen molar-refractivity contribution in [2.24, 2.45) is 0 Å². The smallest absolute Gasteiger partial charge is 0.0577 e. The first-order valence-electron chi connectivity index (χ1n) is 3.96. The van der Waals surface area contributed by atoms with Crippen molar-refractivity contribution in [3.05, 3.63) is 35.7 Å². The second-order valence-corrected chi connectivity index (χ2v) is 2.90. The third-order valence-electron chi connectivity index (χ3n) is 1.92. The molecule has 58 valence electrons. The molecule has 1 atom stereocenters. The number of hydrogen-bond acceptors (Lipinski definition) is 2. The van der Waals surface area contributed by atoms with Crippen molar-refractivity contribution in [3.63, 3.8) is 0 Å². The lowest BCUT2D eigenvalue weighted by Gasteiger charge is -2.23. The van der Waals surface area contributed by atoms with E-state index in [1.807, 2.05) is 0 Å². The van der Waals surface area contributed by atoms with E-state index in [1.54, 1.807) is 0 Å². The maximum Gasteiger partial charge on any atom is 0.0577 e. The van der Waals surface area contributed by atoms with Gasteiger partial charge in [0.05, 0.1) is 11.4 Å². The molecule has 0 fully saturated rings. The van der Waals surface area contributed by atoms with Crippen molar-refractivity contribution in [1.82, 2.24) is 10.6 Å². The number of allylic oxidation sites excluding steroid dienone is 2. The Morgan fingerprint density at radius 3 is 3.18 bits per heavy atom. The van der Waals surface area contributed by atoms with Gasteiger partial charge in [-0.3, -0.25) is 0 Å². The monoisotopic (exact) mass is 148 g/mol. The average molecular weight is 148 g/mol. The van der Waals surface area contributed by atoms with Gasteiger partial charge in [0.2, 0.25) is 0 Å². The Balaban J connectivity index is 2.27. The van der Waals surface area contributed by atoms with E-state index in [9.17, 15) is 0 Å². The van der Waals surface area contributed by atoms with E-state index in [-0.39, 0.29) is 0 Å². The predicted molar refractivity (Wildman–Crippen MR) is 45.9 cm³/mol. The highest BCUT2D eigenvalue weighted by Gasteiger charge is 2.10. The number of nitrogens with one attached hydrogen (secondary N) is 2. The molecule has 0 aliphatic carbocycles. The van der Waals surface area contributed by atoms with Crippen LogP contribution in [-0.2, 0) is 0 Å². The minimum Gasteiger partial charge on any atom is -0.380 e. The van der Waals surface area contributed by atoms with Crippen LogP contribution in [0.2, 0.25) is 0 Å². The molecule has 0 spiro atoms. The summed E-state index contributed by atoms with van der Waals surface area (Å²) in [6.07, 6.45) is 8.55. The standard InChI is InChI=1S/C9H12N2/c1-7-4-5-8-9(11-7)3-2-6-10-8/h2-5,7,10-11H,6H2,1H3. The molecule has 2 aliphatic rings. The molecule has 0 aromatic heterocycles. The highest BCUT2D eigenvalue weighted by molar-refractivity contribution is 5.37. The van der Waals surface area contributed by atoms with Crippen LogP contribution >= 0.6 is 0 Å². The molecule has 2 rings (SSSR count). The Morgan fingerprint density at radius 1 is 1.36 bits per heavy atom. The normalized spacial score (nSPS) is 27.5. The van der Waals surface area contributed by atoms with E-state index in [1.165, 1.54) is 11.4 Å². The SMILES string of the molecule is CC1C=CC2=C(C=CCN2)N1. The molecule has 0 saturated heterocycles. The van der Waals surface area contributed by atoms with E-state index < -0.39 is 0 Å². The van der Waals surface area contributed by atoms with Crippen LogP contribution in [0.3, 0.4) is 0 Å². The molecule has 11 heavy (non-hydrogen) atoms. The van der Waals surface area contributed by atoms with Crippen molar-refractivity contribution < 1.29 is 0 Å². The molecule has 0 amide bonds. The topological polar surface area (TPSA) is 24.1 Å². The van der Waals surface area contributed by atoms with Crippen molar-refractivity contribution in [3.8, 4) is 0 Å². The predicted octanol–water partition coefficient (Wildman–Crippen LogP) is 0.905. The second kappa shape index (κ2) is 2.46. The fourth-order valence-electron chi connectivity index (χ4n) is 1.34. The van der Waals surface area contributed by atoms with Gasteiger partial charge in [0.25, 0.3) is 0 Å². The Morgan fingerprint density at radius 2 is 2.27 bits per heavy atom. The lowest BCUT2D eigenvalue weighted by atomic mass is 10.1. The lowest BCUT2D eigenvalue weighted by Crippen LogP contribution is -2.32. The van der Waals surface area contributed by atoms with Crippen molar-refractivity contribution in [2.45, 2.75) is 13.0 Å². The van der Waals surface area contributed by atoms with Crippen molar-refractivity contribution in [2.75, 3.05) is 6.54 Å². The molecule has 0 saturated carbocycles. The van der Waals surface area contributed by atoms with Gasteiger partial charge in [-0.15, -0.1) is 0 Å². The fraction of sp³-hybridized carbons (Fsp3) is 0.333. The molecule has 0 radical (unpaired) electrons. The Labute approximate surface area is 66.7 Å². The summed E-state index contributed by atoms with van der Waals surface area (Å²) in [5.41, 5.74) is 2.43. The average Bonchev–Trinajstić information content (AvgIpc) is 2.04. The van der Waals surface area contributed by atoms with Crippen LogP contribution in [0.5, 0.6) is 0 Å². The second-order valence-electron chi connectivity index (χ2n) is 2.90. The first kappa shape index (κ1) is 6.53. The van der Waals surface area contributed by atoms with Crippen LogP contribution in [0, 0.1) is 0 Å². The maximum absolute atomic E-state index is 3.36. The molecule has 2 heterocycles. The molecule has 0 bridgehead atoms. The van der Waals surface area contributed by atoms with E-state index >= 15 is 0 Å². The Kier molecular flexibility index (Phi) is 1.46. The summed E-state index contributed by atoms with van der Waals surface area (Å²) in [6.45, 7) is 3.09. The van der Waals surface area contributed by atoms with Gasteiger partial charge in [-0.2, -0.15) is 0 Å². The fourth-order valence-corrected chi connectivity index (χ4v) is 1.34. The lowest BCUT2D eigenvalue weighted by molar-refractivity contribution is 0.698. The van der Waals surface area contributed by atoms with Crippen LogP contribution in [0.15, 0.2) is 35.7 Å². The molecule has 2 heteroatoms. The summed E-state index contributed by atoms with van der Waals surface area (Å²) < 4.78 is 0. The third-order valence-corrected chi connectivity index (χ3v) is 1.92. The van der Waals surface area contributed by atoms with E-state index in [4.69, 9.17) is 0 Å². The molecule has 1 unspecified atom stereocenters. The zero-order valence-electron chi connectivity index (χ0n) is 6.59. The van der Waals surface area contributed by atoms with Crippen molar-refractivity contribution >= 4 is 0 Å². The van der Waals surface area contributed by atoms with Crippen LogP contribution < -0.4 is 10.6 Å². The summed E-state index contributed by atoms with van der Waals surface area (Å²) >= 11 is 0. The van der Waals surface area contributed by atoms with Gasteiger partial charge in [-0.25, -0.2) is 0 Å². The largest absolute Gasteiger partial charge is 0.380 e. The minimum absolute atomic E-state index is 0.457. The van der Waals surface area contributed by atoms with E-state index in [0.29, 0.717) is 6.04 Å². The van der Waals surface area contributed by atoms with Gasteiger partial charge >= 0.3 is 0 Å². The molecular weight excluding hydrogens is 136 g/mol. The highest BCUT2D eigenvalue weighted by Crippen LogP contribution is 2.12. The number of rotatable bonds is 0. The quantitative estimate of drug-likeness (QED) is 0.533. The maximum atomic E-state index is 3.36. The van der Waals surface area contributed by atoms with E-state index in [2.05, 4.69) is 41.9 Å². The molecule has 0 aromatic carbocycles. The first-order chi connectivity index (χ1) is 5.36. The first-order valence-corrected chi connectivity index (χ1v) is 3.96. The van der Waals surface area contributed by atoms with Gasteiger partial charge in [0.15, 0.2) is 0 Å². The molecule has 2 N–H and O–H groups in total. The summed E-state index contributed by atoms with van der Waals surface area (Å²) in [6, 6.07) is 0.457. The van der Waals surface area contributed by atoms with E-state index in [0.717, 1.165) is 6.54 Å². The zero-order chi connectivity index (χ0) is 7.68. The highest BCUT2D eigenvalue weighted by atomic mass is 15.0. The molecule has 2 nitrogen and oxygen atoms in total. The summed E-state index contributed by atoms with van der Waals surface area (Å²) in [5.74, 6) is 0. The summed E-state index contributed by atoms with van der Waals surface area (Å²) in [7, 11) is 0. The number of dihydropyridines is 2. The van der Waals surface area contributed by atoms with Crippen LogP contribution in [0.25, 0.3) is 0 Å².